The van der Waals surface area contributed by atoms with Crippen LogP contribution in [0.2, 0.25) is 0 Å². The summed E-state index contributed by atoms with van der Waals surface area (Å²) in [6.07, 6.45) is 1.68. The van der Waals surface area contributed by atoms with Crippen molar-refractivity contribution in [3.63, 3.8) is 0 Å². The fourth-order valence-corrected chi connectivity index (χ4v) is 3.94. The number of ether oxygens (including phenoxy) is 1. The third-order valence-electron chi connectivity index (χ3n) is 5.27. The number of hydrogen-bond donors (Lipinski definition) is 1. The molecule has 1 aliphatic heterocycles. The number of carbonyl (C=O) groups is 1. The number of methoxy groups -OCH3 is 1. The number of fused-ring (bicyclic) bond motifs is 1. The van der Waals surface area contributed by atoms with Crippen LogP contribution in [0.4, 0.5) is 0 Å². The average molecular weight is 400 g/mol. The van der Waals surface area contributed by atoms with E-state index in [0.29, 0.717) is 5.92 Å². The SMILES string of the molecule is COCC(=O)N[C@@H](CC(C)C)c1nnc2n1CCN(Cc1cccc(C)c1)CC2. The van der Waals surface area contributed by atoms with E-state index in [0.717, 1.165) is 50.7 Å². The first-order valence-corrected chi connectivity index (χ1v) is 10.4. The van der Waals surface area contributed by atoms with E-state index in [1.54, 1.807) is 0 Å². The fraction of sp³-hybridized carbons (Fsp3) is 0.591. The Balaban J connectivity index is 1.72. The summed E-state index contributed by atoms with van der Waals surface area (Å²) in [5.74, 6) is 2.17. The first-order valence-electron chi connectivity index (χ1n) is 10.4. The Hall–Kier alpha value is -2.25. The van der Waals surface area contributed by atoms with Gasteiger partial charge in [-0.25, -0.2) is 0 Å². The predicted molar refractivity (Wildman–Crippen MR) is 112 cm³/mol. The molecule has 1 N–H and O–H groups in total. The Bertz CT molecular complexity index is 817. The number of aryl methyl sites for hydroxylation is 1. The van der Waals surface area contributed by atoms with Crippen LogP contribution in [0.1, 0.15) is 49.1 Å². The minimum Gasteiger partial charge on any atom is -0.375 e. The highest BCUT2D eigenvalue weighted by molar-refractivity contribution is 5.77. The smallest absolute Gasteiger partial charge is 0.246 e. The maximum absolute atomic E-state index is 12.1. The molecule has 0 saturated carbocycles. The molecule has 0 spiro atoms. The van der Waals surface area contributed by atoms with Crippen molar-refractivity contribution in [3.8, 4) is 0 Å². The molecular formula is C22H33N5O2. The van der Waals surface area contributed by atoms with Gasteiger partial charge in [0.25, 0.3) is 0 Å². The Morgan fingerprint density at radius 3 is 2.79 bits per heavy atom. The number of nitrogens with zero attached hydrogens (tertiary/aromatic N) is 4. The van der Waals surface area contributed by atoms with Crippen molar-refractivity contribution >= 4 is 5.91 Å². The molecule has 1 aromatic carbocycles. The highest BCUT2D eigenvalue weighted by Crippen LogP contribution is 2.22. The van der Waals surface area contributed by atoms with E-state index in [-0.39, 0.29) is 18.6 Å². The van der Waals surface area contributed by atoms with Gasteiger partial charge in [0, 0.05) is 39.7 Å². The monoisotopic (exact) mass is 399 g/mol. The van der Waals surface area contributed by atoms with Gasteiger partial charge in [0.15, 0.2) is 5.82 Å². The molecule has 0 bridgehead atoms. The van der Waals surface area contributed by atoms with Gasteiger partial charge in [-0.1, -0.05) is 43.7 Å². The van der Waals surface area contributed by atoms with Crippen LogP contribution in [0, 0.1) is 12.8 Å². The summed E-state index contributed by atoms with van der Waals surface area (Å²) in [5.41, 5.74) is 2.63. The molecule has 3 rings (SSSR count). The second-order valence-electron chi connectivity index (χ2n) is 8.32. The van der Waals surface area contributed by atoms with Crippen LogP contribution in [-0.4, -0.2) is 52.4 Å². The fourth-order valence-electron chi connectivity index (χ4n) is 3.94. The highest BCUT2D eigenvalue weighted by atomic mass is 16.5. The minimum atomic E-state index is -0.151. The van der Waals surface area contributed by atoms with E-state index < -0.39 is 0 Å². The summed E-state index contributed by atoms with van der Waals surface area (Å²) in [5, 5.41) is 12.0. The van der Waals surface area contributed by atoms with Crippen molar-refractivity contribution in [1.29, 1.82) is 0 Å². The van der Waals surface area contributed by atoms with Crippen molar-refractivity contribution < 1.29 is 9.53 Å². The van der Waals surface area contributed by atoms with Crippen molar-refractivity contribution in [2.45, 2.75) is 52.7 Å². The molecule has 0 saturated heterocycles. The van der Waals surface area contributed by atoms with Crippen LogP contribution >= 0.6 is 0 Å². The Morgan fingerprint density at radius 2 is 2.07 bits per heavy atom. The number of carbonyl (C=O) groups excluding carboxylic acids is 1. The largest absolute Gasteiger partial charge is 0.375 e. The lowest BCUT2D eigenvalue weighted by molar-refractivity contribution is -0.125. The molecule has 29 heavy (non-hydrogen) atoms. The Labute approximate surface area is 173 Å². The van der Waals surface area contributed by atoms with Crippen LogP contribution in [0.3, 0.4) is 0 Å². The molecule has 0 fully saturated rings. The molecule has 2 heterocycles. The zero-order chi connectivity index (χ0) is 20.8. The quantitative estimate of drug-likeness (QED) is 0.738. The van der Waals surface area contributed by atoms with Gasteiger partial charge in [-0.05, 0) is 24.8 Å². The van der Waals surface area contributed by atoms with Gasteiger partial charge < -0.3 is 14.6 Å². The third-order valence-corrected chi connectivity index (χ3v) is 5.27. The van der Waals surface area contributed by atoms with Gasteiger partial charge in [0.2, 0.25) is 5.91 Å². The van der Waals surface area contributed by atoms with Crippen LogP contribution in [0.25, 0.3) is 0 Å². The summed E-state index contributed by atoms with van der Waals surface area (Å²) in [6.45, 7) is 10.2. The molecule has 0 aliphatic carbocycles. The number of amides is 1. The number of nitrogens with one attached hydrogen (secondary N) is 1. The van der Waals surface area contributed by atoms with Crippen molar-refractivity contribution in [3.05, 3.63) is 47.0 Å². The highest BCUT2D eigenvalue weighted by Gasteiger charge is 2.26. The van der Waals surface area contributed by atoms with E-state index >= 15 is 0 Å². The van der Waals surface area contributed by atoms with Crippen molar-refractivity contribution in [2.24, 2.45) is 5.92 Å². The van der Waals surface area contributed by atoms with E-state index in [2.05, 4.69) is 70.0 Å². The lowest BCUT2D eigenvalue weighted by Gasteiger charge is -2.22. The molecule has 1 aliphatic rings. The number of aromatic nitrogens is 3. The van der Waals surface area contributed by atoms with Crippen molar-refractivity contribution in [1.82, 2.24) is 25.0 Å². The zero-order valence-electron chi connectivity index (χ0n) is 18.0. The zero-order valence-corrected chi connectivity index (χ0v) is 18.0. The summed E-state index contributed by atoms with van der Waals surface area (Å²) < 4.78 is 7.18. The van der Waals surface area contributed by atoms with E-state index in [1.807, 2.05) is 0 Å². The van der Waals surface area contributed by atoms with Gasteiger partial charge in [-0.2, -0.15) is 0 Å². The standard InChI is InChI=1S/C22H33N5O2/c1-16(2)12-19(23-21(28)15-29-4)22-25-24-20-8-9-26(10-11-27(20)22)14-18-7-5-6-17(3)13-18/h5-7,13,16,19H,8-12,14-15H2,1-4H3,(H,23,28)/t19-/m0/s1. The molecule has 1 atom stereocenters. The summed E-state index contributed by atoms with van der Waals surface area (Å²) in [6, 6.07) is 8.54. The summed E-state index contributed by atoms with van der Waals surface area (Å²) in [7, 11) is 1.53. The molecule has 158 valence electrons. The van der Waals surface area contributed by atoms with E-state index in [1.165, 1.54) is 18.2 Å². The Morgan fingerprint density at radius 1 is 1.24 bits per heavy atom. The average Bonchev–Trinajstić information content (AvgIpc) is 2.96. The van der Waals surface area contributed by atoms with Gasteiger partial charge >= 0.3 is 0 Å². The molecule has 1 aromatic heterocycles. The van der Waals surface area contributed by atoms with Crippen LogP contribution in [-0.2, 0) is 29.0 Å². The summed E-state index contributed by atoms with van der Waals surface area (Å²) in [4.78, 5) is 14.6. The number of hydrogen-bond acceptors (Lipinski definition) is 5. The Kier molecular flexibility index (Phi) is 7.39. The molecular weight excluding hydrogens is 366 g/mol. The topological polar surface area (TPSA) is 72.3 Å². The molecule has 7 heteroatoms. The normalized spacial score (nSPS) is 15.8. The second-order valence-corrected chi connectivity index (χ2v) is 8.32. The van der Waals surface area contributed by atoms with Gasteiger partial charge in [0.1, 0.15) is 12.4 Å². The molecule has 1 amide bonds. The number of benzene rings is 1. The maximum atomic E-state index is 12.1. The second kappa shape index (κ2) is 9.98. The van der Waals surface area contributed by atoms with Gasteiger partial charge in [0.05, 0.1) is 6.04 Å². The van der Waals surface area contributed by atoms with Gasteiger partial charge in [-0.15, -0.1) is 10.2 Å². The van der Waals surface area contributed by atoms with Crippen LogP contribution in [0.15, 0.2) is 24.3 Å². The van der Waals surface area contributed by atoms with E-state index in [4.69, 9.17) is 4.74 Å². The lowest BCUT2D eigenvalue weighted by atomic mass is 10.0. The first-order chi connectivity index (χ1) is 14.0. The van der Waals surface area contributed by atoms with Gasteiger partial charge in [-0.3, -0.25) is 9.69 Å². The minimum absolute atomic E-state index is 0.0554. The van der Waals surface area contributed by atoms with E-state index in [9.17, 15) is 4.79 Å². The van der Waals surface area contributed by atoms with Crippen LogP contribution in [0.5, 0.6) is 0 Å². The summed E-state index contributed by atoms with van der Waals surface area (Å²) >= 11 is 0. The lowest BCUT2D eigenvalue weighted by Crippen LogP contribution is -2.34. The number of rotatable bonds is 8. The molecule has 2 aromatic rings. The molecule has 7 nitrogen and oxygen atoms in total. The first kappa shape index (κ1) is 21.5. The third kappa shape index (κ3) is 5.87. The maximum Gasteiger partial charge on any atom is 0.246 e. The molecule has 0 radical (unpaired) electrons. The molecule has 0 unspecified atom stereocenters. The predicted octanol–water partition coefficient (Wildman–Crippen LogP) is 2.49. The van der Waals surface area contributed by atoms with Crippen LogP contribution < -0.4 is 5.32 Å². The van der Waals surface area contributed by atoms with Crippen molar-refractivity contribution in [2.75, 3.05) is 26.8 Å².